The van der Waals surface area contributed by atoms with E-state index in [1.165, 1.54) is 6.08 Å². The van der Waals surface area contributed by atoms with E-state index >= 15 is 0 Å². The Morgan fingerprint density at radius 2 is 1.70 bits per heavy atom. The number of benzene rings is 2. The largest absolute Gasteiger partial charge is 0.497 e. The number of methoxy groups -OCH3 is 3. The molecule has 0 aromatic heterocycles. The Morgan fingerprint density at radius 3 is 2.33 bits per heavy atom. The minimum Gasteiger partial charge on any atom is -0.497 e. The van der Waals surface area contributed by atoms with Gasteiger partial charge in [-0.3, -0.25) is 10.1 Å². The predicted octanol–water partition coefficient (Wildman–Crippen LogP) is 2.92. The summed E-state index contributed by atoms with van der Waals surface area (Å²) >= 11 is 5.14. The van der Waals surface area contributed by atoms with Crippen molar-refractivity contribution in [2.24, 2.45) is 0 Å². The topological polar surface area (TPSA) is 68.8 Å². The van der Waals surface area contributed by atoms with Crippen LogP contribution in [0.15, 0.2) is 48.5 Å². The zero-order chi connectivity index (χ0) is 19.6. The van der Waals surface area contributed by atoms with Crippen LogP contribution in [0, 0.1) is 0 Å². The summed E-state index contributed by atoms with van der Waals surface area (Å²) in [5, 5.41) is 5.85. The average molecular weight is 386 g/mol. The van der Waals surface area contributed by atoms with Crippen molar-refractivity contribution < 1.29 is 19.0 Å². The van der Waals surface area contributed by atoms with Crippen molar-refractivity contribution in [3.63, 3.8) is 0 Å². The molecular weight excluding hydrogens is 364 g/mol. The second kappa shape index (κ2) is 10.2. The molecule has 0 spiro atoms. The molecule has 2 aromatic rings. The highest BCUT2D eigenvalue weighted by Crippen LogP contribution is 2.27. The van der Waals surface area contributed by atoms with Crippen LogP contribution >= 0.6 is 12.2 Å². The zero-order valence-electron chi connectivity index (χ0n) is 15.4. The summed E-state index contributed by atoms with van der Waals surface area (Å²) in [5.74, 6) is 1.69. The van der Waals surface area contributed by atoms with Crippen LogP contribution in [0.4, 0.5) is 0 Å². The maximum Gasteiger partial charge on any atom is 0.250 e. The molecule has 0 saturated heterocycles. The van der Waals surface area contributed by atoms with Crippen LogP contribution < -0.4 is 24.8 Å². The first-order valence-electron chi connectivity index (χ1n) is 8.17. The summed E-state index contributed by atoms with van der Waals surface area (Å²) in [6.07, 6.45) is 3.08. The number of hydrogen-bond acceptors (Lipinski definition) is 5. The number of hydrogen-bond donors (Lipinski definition) is 2. The number of carbonyl (C=O) groups excluding carboxylic acids is 1. The lowest BCUT2D eigenvalue weighted by atomic mass is 10.2. The molecule has 0 atom stereocenters. The minimum absolute atomic E-state index is 0.257. The van der Waals surface area contributed by atoms with Crippen molar-refractivity contribution in [1.29, 1.82) is 0 Å². The quantitative estimate of drug-likeness (QED) is 0.563. The smallest absolute Gasteiger partial charge is 0.250 e. The van der Waals surface area contributed by atoms with Gasteiger partial charge in [-0.2, -0.15) is 0 Å². The van der Waals surface area contributed by atoms with E-state index < -0.39 is 0 Å². The highest BCUT2D eigenvalue weighted by Gasteiger charge is 2.04. The number of ether oxygens (including phenoxy) is 3. The number of carbonyl (C=O) groups is 1. The normalized spacial score (nSPS) is 10.3. The molecule has 0 radical (unpaired) electrons. The van der Waals surface area contributed by atoms with Crippen LogP contribution in [0.5, 0.6) is 17.2 Å². The molecule has 0 fully saturated rings. The molecule has 0 saturated carbocycles. The van der Waals surface area contributed by atoms with Gasteiger partial charge in [-0.05, 0) is 53.7 Å². The Hall–Kier alpha value is -3.06. The Morgan fingerprint density at radius 1 is 1.00 bits per heavy atom. The first-order valence-corrected chi connectivity index (χ1v) is 8.58. The van der Waals surface area contributed by atoms with E-state index in [1.807, 2.05) is 30.3 Å². The van der Waals surface area contributed by atoms with Crippen molar-refractivity contribution >= 4 is 29.3 Å². The summed E-state index contributed by atoms with van der Waals surface area (Å²) in [7, 11) is 4.75. The first-order chi connectivity index (χ1) is 13.0. The Balaban J connectivity index is 1.85. The maximum atomic E-state index is 12.0. The van der Waals surface area contributed by atoms with Gasteiger partial charge in [-0.1, -0.05) is 18.2 Å². The molecule has 0 unspecified atom stereocenters. The summed E-state index contributed by atoms with van der Waals surface area (Å²) in [4.78, 5) is 12.0. The van der Waals surface area contributed by atoms with Gasteiger partial charge in [0.2, 0.25) is 5.91 Å². The van der Waals surface area contributed by atoms with Crippen LogP contribution in [0.2, 0.25) is 0 Å². The molecule has 1 amide bonds. The van der Waals surface area contributed by atoms with Crippen LogP contribution in [0.1, 0.15) is 11.1 Å². The molecule has 142 valence electrons. The molecule has 2 aromatic carbocycles. The third-order valence-corrected chi connectivity index (χ3v) is 3.93. The van der Waals surface area contributed by atoms with Gasteiger partial charge in [0.05, 0.1) is 21.3 Å². The van der Waals surface area contributed by atoms with Crippen molar-refractivity contribution in [2.45, 2.75) is 6.54 Å². The molecule has 2 N–H and O–H groups in total. The fourth-order valence-electron chi connectivity index (χ4n) is 2.25. The van der Waals surface area contributed by atoms with Crippen molar-refractivity contribution in [3.8, 4) is 17.2 Å². The molecule has 0 aliphatic heterocycles. The molecule has 27 heavy (non-hydrogen) atoms. The average Bonchev–Trinajstić information content (AvgIpc) is 2.70. The van der Waals surface area contributed by atoms with Gasteiger partial charge in [-0.15, -0.1) is 0 Å². The van der Waals surface area contributed by atoms with Crippen molar-refractivity contribution in [3.05, 3.63) is 59.7 Å². The highest BCUT2D eigenvalue weighted by molar-refractivity contribution is 7.80. The van der Waals surface area contributed by atoms with Crippen molar-refractivity contribution in [2.75, 3.05) is 21.3 Å². The monoisotopic (exact) mass is 386 g/mol. The summed E-state index contributed by atoms with van der Waals surface area (Å²) in [6, 6.07) is 13.0. The van der Waals surface area contributed by atoms with E-state index in [9.17, 15) is 4.79 Å². The maximum absolute atomic E-state index is 12.0. The van der Waals surface area contributed by atoms with Crippen LogP contribution in [-0.2, 0) is 11.3 Å². The zero-order valence-corrected chi connectivity index (χ0v) is 16.3. The van der Waals surface area contributed by atoms with E-state index in [1.54, 1.807) is 39.5 Å². The van der Waals surface area contributed by atoms with E-state index in [4.69, 9.17) is 26.4 Å². The molecule has 0 aliphatic carbocycles. The summed E-state index contributed by atoms with van der Waals surface area (Å²) in [5.41, 5.74) is 1.83. The number of thiocarbonyl (C=S) groups is 1. The lowest BCUT2D eigenvalue weighted by molar-refractivity contribution is -0.115. The molecule has 0 aliphatic rings. The molecule has 2 rings (SSSR count). The second-order valence-electron chi connectivity index (χ2n) is 5.47. The van der Waals surface area contributed by atoms with Crippen LogP contribution in [0.25, 0.3) is 6.08 Å². The third-order valence-electron chi connectivity index (χ3n) is 3.68. The summed E-state index contributed by atoms with van der Waals surface area (Å²) < 4.78 is 15.5. The molecule has 7 heteroatoms. The lowest BCUT2D eigenvalue weighted by Gasteiger charge is -2.09. The Labute approximate surface area is 164 Å². The fraction of sp³-hybridized carbons (Fsp3) is 0.200. The van der Waals surface area contributed by atoms with Gasteiger partial charge < -0.3 is 19.5 Å². The van der Waals surface area contributed by atoms with Crippen LogP contribution in [-0.4, -0.2) is 32.3 Å². The molecule has 0 bridgehead atoms. The third kappa shape index (κ3) is 6.31. The highest BCUT2D eigenvalue weighted by atomic mass is 32.1. The van der Waals surface area contributed by atoms with Gasteiger partial charge >= 0.3 is 0 Å². The van der Waals surface area contributed by atoms with E-state index in [0.717, 1.165) is 16.9 Å². The molecule has 6 nitrogen and oxygen atoms in total. The minimum atomic E-state index is -0.322. The second-order valence-corrected chi connectivity index (χ2v) is 5.88. The van der Waals surface area contributed by atoms with Gasteiger partial charge in [0.25, 0.3) is 0 Å². The fourth-order valence-corrected chi connectivity index (χ4v) is 2.42. The van der Waals surface area contributed by atoms with E-state index in [2.05, 4.69) is 10.6 Å². The van der Waals surface area contributed by atoms with Gasteiger partial charge in [0, 0.05) is 12.6 Å². The van der Waals surface area contributed by atoms with Gasteiger partial charge in [-0.25, -0.2) is 0 Å². The first kappa shape index (κ1) is 20.3. The molecule has 0 heterocycles. The van der Waals surface area contributed by atoms with E-state index in [-0.39, 0.29) is 11.0 Å². The standard InChI is InChI=1S/C20H22N2O4S/c1-24-16-8-4-15(5-9-16)13-21-20(27)22-19(23)11-7-14-6-10-17(25-2)18(12-14)26-3/h4-12H,13H2,1-3H3,(H2,21,22,23,27). The Bertz CT molecular complexity index is 819. The van der Waals surface area contributed by atoms with Crippen LogP contribution in [0.3, 0.4) is 0 Å². The van der Waals surface area contributed by atoms with E-state index in [0.29, 0.717) is 18.0 Å². The predicted molar refractivity (Wildman–Crippen MR) is 109 cm³/mol. The van der Waals surface area contributed by atoms with Crippen molar-refractivity contribution in [1.82, 2.24) is 10.6 Å². The number of nitrogens with one attached hydrogen (secondary N) is 2. The number of rotatable bonds is 7. The summed E-state index contributed by atoms with van der Waals surface area (Å²) in [6.45, 7) is 0.502. The Kier molecular flexibility index (Phi) is 7.63. The van der Waals surface area contributed by atoms with Gasteiger partial charge in [0.15, 0.2) is 16.6 Å². The van der Waals surface area contributed by atoms with Gasteiger partial charge in [0.1, 0.15) is 5.75 Å². The SMILES string of the molecule is COc1ccc(CNC(=S)NC(=O)C=Cc2ccc(OC)c(OC)c2)cc1. The lowest BCUT2D eigenvalue weighted by Crippen LogP contribution is -2.37. The molecular formula is C20H22N2O4S. The number of amides is 1.